The number of imide groups is 1. The van der Waals surface area contributed by atoms with Crippen LogP contribution in [0, 0.1) is 0 Å². The zero-order valence-electron chi connectivity index (χ0n) is 30.0. The van der Waals surface area contributed by atoms with E-state index in [0.717, 1.165) is 45.1 Å². The first kappa shape index (κ1) is 43.0. The van der Waals surface area contributed by atoms with Gasteiger partial charge in [0.25, 0.3) is 0 Å². The molecule has 284 valence electrons. The summed E-state index contributed by atoms with van der Waals surface area (Å²) in [5.74, 6) is -3.27. The first-order chi connectivity index (χ1) is 24.2. The van der Waals surface area contributed by atoms with E-state index >= 15 is 0 Å². The number of ketones is 1. The van der Waals surface area contributed by atoms with E-state index in [1.807, 2.05) is 5.32 Å². The Morgan fingerprint density at radius 1 is 1.12 bits per heavy atom. The molecule has 0 aromatic rings. The van der Waals surface area contributed by atoms with Crippen LogP contribution in [0.15, 0.2) is 48.1 Å². The molecule has 0 aromatic heterocycles. The van der Waals surface area contributed by atoms with Crippen LogP contribution in [0.3, 0.4) is 0 Å². The number of methoxy groups -OCH3 is 1. The third kappa shape index (κ3) is 15.3. The highest BCUT2D eigenvalue weighted by Crippen LogP contribution is 2.35. The Kier molecular flexibility index (Phi) is 18.5. The molecule has 15 nitrogen and oxygen atoms in total. The highest BCUT2D eigenvalue weighted by Gasteiger charge is 2.53. The molecular weight excluding hydrogens is 668 g/mol. The smallest absolute Gasteiger partial charge is 0.414 e. The van der Waals surface area contributed by atoms with Crippen molar-refractivity contribution in [2.24, 2.45) is 0 Å². The molecule has 0 radical (unpaired) electrons. The molecule has 15 heteroatoms. The van der Waals surface area contributed by atoms with Crippen molar-refractivity contribution in [2.75, 3.05) is 13.7 Å². The number of rotatable bonds is 15. The molecule has 51 heavy (non-hydrogen) atoms. The SMILES string of the molecule is CCCCCCCC(=O)OCC/C=C/[C@@H](O)[C@@H](O)[C@H]1OC(=O)/C=C\C=C\[C@@](OC)(C(C)=O)NC(=O)/C=C(/C)CC[C@H]2O[C@@H]2[C@@H]1OC(=O)NC(C)=O. The quantitative estimate of drug-likeness (QED) is 0.0630. The third-order valence-electron chi connectivity index (χ3n) is 8.12. The van der Waals surface area contributed by atoms with Gasteiger partial charge in [0.1, 0.15) is 18.3 Å². The van der Waals surface area contributed by atoms with E-state index < -0.39 is 72.0 Å². The Bertz CT molecular complexity index is 1340. The van der Waals surface area contributed by atoms with Crippen LogP contribution in [0.25, 0.3) is 0 Å². The average molecular weight is 721 g/mol. The summed E-state index contributed by atoms with van der Waals surface area (Å²) < 4.78 is 27.3. The zero-order chi connectivity index (χ0) is 38.0. The fourth-order valence-corrected chi connectivity index (χ4v) is 5.25. The van der Waals surface area contributed by atoms with Crippen LogP contribution < -0.4 is 10.6 Å². The van der Waals surface area contributed by atoms with Gasteiger partial charge in [-0.25, -0.2) is 9.59 Å². The van der Waals surface area contributed by atoms with Crippen molar-refractivity contribution in [2.45, 2.75) is 128 Å². The number of Topliss-reactive ketones (excluding diaryl/α,β-unsaturated/α-hetero) is 1. The Hall–Kier alpha value is -4.18. The molecule has 1 saturated heterocycles. The van der Waals surface area contributed by atoms with Crippen LogP contribution in [0.4, 0.5) is 4.79 Å². The van der Waals surface area contributed by atoms with Crippen LogP contribution >= 0.6 is 0 Å². The number of allylic oxidation sites excluding steroid dienone is 3. The van der Waals surface area contributed by atoms with Gasteiger partial charge in [-0.1, -0.05) is 62.5 Å². The number of epoxide rings is 1. The molecule has 0 aliphatic carbocycles. The summed E-state index contributed by atoms with van der Waals surface area (Å²) in [5, 5.41) is 26.7. The van der Waals surface area contributed by atoms with Crippen molar-refractivity contribution in [1.29, 1.82) is 0 Å². The number of unbranched alkanes of at least 4 members (excludes halogenated alkanes) is 4. The lowest BCUT2D eigenvalue weighted by atomic mass is 9.97. The fraction of sp³-hybridized carbons (Fsp3) is 0.611. The average Bonchev–Trinajstić information content (AvgIpc) is 3.84. The number of cyclic esters (lactones) is 1. The molecule has 0 unspecified atom stereocenters. The van der Waals surface area contributed by atoms with Crippen LogP contribution in [0.2, 0.25) is 0 Å². The highest BCUT2D eigenvalue weighted by molar-refractivity contribution is 5.96. The van der Waals surface area contributed by atoms with Gasteiger partial charge in [0, 0.05) is 32.6 Å². The van der Waals surface area contributed by atoms with E-state index in [0.29, 0.717) is 24.8 Å². The summed E-state index contributed by atoms with van der Waals surface area (Å²) in [6.45, 7) is 6.14. The van der Waals surface area contributed by atoms with Gasteiger partial charge in [-0.2, -0.15) is 0 Å². The molecule has 0 aromatic carbocycles. The summed E-state index contributed by atoms with van der Waals surface area (Å²) >= 11 is 0. The summed E-state index contributed by atoms with van der Waals surface area (Å²) in [6, 6.07) is 0. The summed E-state index contributed by atoms with van der Waals surface area (Å²) in [5.41, 5.74) is -1.23. The zero-order valence-corrected chi connectivity index (χ0v) is 30.0. The molecule has 2 aliphatic heterocycles. The second-order valence-electron chi connectivity index (χ2n) is 12.4. The number of amides is 3. The highest BCUT2D eigenvalue weighted by atomic mass is 16.7. The van der Waals surface area contributed by atoms with Gasteiger partial charge in [0.05, 0.1) is 12.7 Å². The number of alkyl carbamates (subject to hydrolysis) is 1. The molecular formula is C36H52N2O13. The number of carbonyl (C=O) groups is 6. The normalized spacial score (nSPS) is 27.6. The maximum Gasteiger partial charge on any atom is 0.414 e. The number of aliphatic hydroxyl groups excluding tert-OH is 2. The largest absolute Gasteiger partial charge is 0.465 e. The van der Waals surface area contributed by atoms with Gasteiger partial charge in [0.2, 0.25) is 17.5 Å². The van der Waals surface area contributed by atoms with Gasteiger partial charge >= 0.3 is 18.0 Å². The molecule has 2 rings (SSSR count). The Morgan fingerprint density at radius 2 is 1.84 bits per heavy atom. The van der Waals surface area contributed by atoms with Crippen LogP contribution in [-0.4, -0.2) is 102 Å². The van der Waals surface area contributed by atoms with Crippen LogP contribution in [0.1, 0.15) is 85.5 Å². The van der Waals surface area contributed by atoms with Gasteiger partial charge in [-0.15, -0.1) is 0 Å². The second kappa shape index (κ2) is 21.9. The lowest BCUT2D eigenvalue weighted by Crippen LogP contribution is -2.53. The lowest BCUT2D eigenvalue weighted by Gasteiger charge is -2.30. The van der Waals surface area contributed by atoms with E-state index in [4.69, 9.17) is 23.7 Å². The lowest BCUT2D eigenvalue weighted by molar-refractivity contribution is -0.166. The molecule has 3 amide bonds. The first-order valence-electron chi connectivity index (χ1n) is 17.2. The summed E-state index contributed by atoms with van der Waals surface area (Å²) in [4.78, 5) is 74.4. The van der Waals surface area contributed by atoms with Crippen molar-refractivity contribution in [1.82, 2.24) is 10.6 Å². The number of hydrogen-bond acceptors (Lipinski definition) is 13. The van der Waals surface area contributed by atoms with Crippen molar-refractivity contribution in [3.8, 4) is 0 Å². The minimum Gasteiger partial charge on any atom is -0.465 e. The molecule has 0 spiro atoms. The summed E-state index contributed by atoms with van der Waals surface area (Å²) in [7, 11) is 1.23. The predicted molar refractivity (Wildman–Crippen MR) is 183 cm³/mol. The molecule has 2 aliphatic rings. The third-order valence-corrected chi connectivity index (χ3v) is 8.12. The number of ether oxygens (including phenoxy) is 5. The number of hydrogen-bond donors (Lipinski definition) is 4. The molecule has 2 heterocycles. The van der Waals surface area contributed by atoms with Gasteiger partial charge in [-0.3, -0.25) is 24.5 Å². The maximum atomic E-state index is 13.0. The van der Waals surface area contributed by atoms with Crippen LogP contribution in [0.5, 0.6) is 0 Å². The van der Waals surface area contributed by atoms with Crippen molar-refractivity contribution in [3.05, 3.63) is 48.1 Å². The predicted octanol–water partition coefficient (Wildman–Crippen LogP) is 2.78. The monoisotopic (exact) mass is 720 g/mol. The van der Waals surface area contributed by atoms with Crippen molar-refractivity contribution in [3.63, 3.8) is 0 Å². The van der Waals surface area contributed by atoms with E-state index in [9.17, 15) is 39.0 Å². The van der Waals surface area contributed by atoms with Gasteiger partial charge < -0.3 is 39.2 Å². The Balaban J connectivity index is 2.31. The second-order valence-corrected chi connectivity index (χ2v) is 12.4. The standard InChI is InChI=1S/C36H52N2O13/c1-6-7-8-9-10-16-29(43)48-21-14-12-15-26(41)31(45)33-34(51-35(46)37-25(4)40)32-27(49-32)19-18-23(2)22-28(42)38-36(47-5,24(3)39)20-13-11-17-30(44)50-33/h11-13,15,17,20,22,26-27,31-34,41,45H,6-10,14,16,18-19,21H2,1-5H3,(H,38,42)(H,37,40,46)/b15-12+,17-11-,20-13+,23-22-/t26-,27-,31-,32+,33-,34+,36-/m1/s1. The van der Waals surface area contributed by atoms with Gasteiger partial charge in [0.15, 0.2) is 18.0 Å². The minimum atomic E-state index is -1.87. The van der Waals surface area contributed by atoms with Crippen molar-refractivity contribution < 1.29 is 62.7 Å². The van der Waals surface area contributed by atoms with Crippen LogP contribution in [-0.2, 0) is 47.7 Å². The fourth-order valence-electron chi connectivity index (χ4n) is 5.25. The Labute approximate surface area is 298 Å². The number of fused-ring (bicyclic) bond motifs is 1. The molecule has 7 atom stereocenters. The van der Waals surface area contributed by atoms with Crippen molar-refractivity contribution >= 4 is 35.6 Å². The first-order valence-corrected chi connectivity index (χ1v) is 17.2. The number of nitrogens with one attached hydrogen (secondary N) is 2. The van der Waals surface area contributed by atoms with E-state index in [2.05, 4.69) is 12.2 Å². The summed E-state index contributed by atoms with van der Waals surface area (Å²) in [6.07, 6.45) is 5.22. The number of esters is 2. The topological polar surface area (TPSA) is 216 Å². The maximum absolute atomic E-state index is 13.0. The number of aliphatic hydroxyl groups is 2. The molecule has 0 bridgehead atoms. The number of carbonyl (C=O) groups excluding carboxylic acids is 6. The molecule has 0 saturated carbocycles. The molecule has 4 N–H and O–H groups in total. The van der Waals surface area contributed by atoms with E-state index in [1.165, 1.54) is 50.5 Å². The molecule has 1 fully saturated rings. The van der Waals surface area contributed by atoms with Gasteiger partial charge in [-0.05, 0) is 45.6 Å². The Morgan fingerprint density at radius 3 is 2.51 bits per heavy atom. The van der Waals surface area contributed by atoms with E-state index in [-0.39, 0.29) is 19.0 Å². The van der Waals surface area contributed by atoms with E-state index in [1.54, 1.807) is 6.92 Å². The minimum absolute atomic E-state index is 0.0430.